The van der Waals surface area contributed by atoms with Gasteiger partial charge < -0.3 is 15.1 Å². The van der Waals surface area contributed by atoms with Crippen LogP contribution in [-0.2, 0) is 11.3 Å². The van der Waals surface area contributed by atoms with Crippen molar-refractivity contribution in [2.24, 2.45) is 5.92 Å². The van der Waals surface area contributed by atoms with Gasteiger partial charge in [-0.15, -0.1) is 11.3 Å². The van der Waals surface area contributed by atoms with Crippen molar-refractivity contribution in [3.05, 3.63) is 72.0 Å². The lowest BCUT2D eigenvalue weighted by molar-refractivity contribution is -0.117. The molecule has 0 aliphatic heterocycles. The van der Waals surface area contributed by atoms with Gasteiger partial charge in [-0.25, -0.2) is 4.98 Å². The molecular formula is C23H19N3O3S. The van der Waals surface area contributed by atoms with Gasteiger partial charge in [0.25, 0.3) is 5.91 Å². The Balaban J connectivity index is 1.23. The van der Waals surface area contributed by atoms with E-state index in [0.29, 0.717) is 22.8 Å². The number of nitrogens with zero attached hydrogens (tertiary/aromatic N) is 1. The average Bonchev–Trinajstić information content (AvgIpc) is 3.35. The maximum absolute atomic E-state index is 12.5. The molecule has 2 aromatic heterocycles. The van der Waals surface area contributed by atoms with Crippen LogP contribution in [0.4, 0.5) is 5.69 Å². The van der Waals surface area contributed by atoms with Crippen LogP contribution < -0.4 is 10.6 Å². The summed E-state index contributed by atoms with van der Waals surface area (Å²) in [5, 5.41) is 6.53. The number of para-hydroxylation sites is 1. The first-order valence-corrected chi connectivity index (χ1v) is 10.6. The highest BCUT2D eigenvalue weighted by molar-refractivity contribution is 7.21. The Bertz CT molecular complexity index is 1210. The molecule has 0 unspecified atom stereocenters. The smallest absolute Gasteiger partial charge is 0.251 e. The summed E-state index contributed by atoms with van der Waals surface area (Å²) in [6.45, 7) is 0.266. The monoisotopic (exact) mass is 417 g/mol. The molecule has 2 N–H and O–H groups in total. The standard InChI is InChI=1S/C23H19N3O3S/c27-21(15-4-3-5-16(12-15)25-22(28)14-8-9-14)24-13-17-10-11-19(29-17)23-26-18-6-1-2-7-20(18)30-23/h1-7,10-12,14H,8-9,13H2,(H,24,27)(H,25,28). The van der Waals surface area contributed by atoms with Crippen LogP contribution >= 0.6 is 11.3 Å². The molecule has 2 heterocycles. The van der Waals surface area contributed by atoms with E-state index in [4.69, 9.17) is 4.42 Å². The van der Waals surface area contributed by atoms with Gasteiger partial charge in [0.15, 0.2) is 10.8 Å². The summed E-state index contributed by atoms with van der Waals surface area (Å²) in [6, 6.07) is 18.6. The second-order valence-electron chi connectivity index (χ2n) is 7.28. The summed E-state index contributed by atoms with van der Waals surface area (Å²) in [7, 11) is 0. The van der Waals surface area contributed by atoms with Crippen molar-refractivity contribution in [1.82, 2.24) is 10.3 Å². The SMILES string of the molecule is O=C(NCc1ccc(-c2nc3ccccc3s2)o1)c1cccc(NC(=O)C2CC2)c1. The van der Waals surface area contributed by atoms with Crippen LogP contribution in [0.15, 0.2) is 65.1 Å². The van der Waals surface area contributed by atoms with Gasteiger partial charge in [-0.1, -0.05) is 18.2 Å². The van der Waals surface area contributed by atoms with Crippen molar-refractivity contribution in [2.75, 3.05) is 5.32 Å². The number of amides is 2. The number of fused-ring (bicyclic) bond motifs is 1. The molecule has 1 saturated carbocycles. The molecule has 0 saturated heterocycles. The van der Waals surface area contributed by atoms with Crippen molar-refractivity contribution in [3.8, 4) is 10.8 Å². The molecule has 1 fully saturated rings. The molecule has 150 valence electrons. The van der Waals surface area contributed by atoms with Gasteiger partial charge in [-0.3, -0.25) is 9.59 Å². The highest BCUT2D eigenvalue weighted by Crippen LogP contribution is 2.31. The van der Waals surface area contributed by atoms with Crippen LogP contribution in [0.2, 0.25) is 0 Å². The van der Waals surface area contributed by atoms with Crippen LogP contribution in [0.5, 0.6) is 0 Å². The quantitative estimate of drug-likeness (QED) is 0.470. The Labute approximate surface area is 176 Å². The Morgan fingerprint density at radius 1 is 1.07 bits per heavy atom. The van der Waals surface area contributed by atoms with Crippen LogP contribution in [0.3, 0.4) is 0 Å². The van der Waals surface area contributed by atoms with Gasteiger partial charge >= 0.3 is 0 Å². The first-order chi connectivity index (χ1) is 14.7. The fraction of sp³-hybridized carbons (Fsp3) is 0.174. The van der Waals surface area contributed by atoms with Crippen LogP contribution in [0.1, 0.15) is 29.0 Å². The molecule has 0 atom stereocenters. The largest absolute Gasteiger partial charge is 0.457 e. The molecule has 30 heavy (non-hydrogen) atoms. The van der Waals surface area contributed by atoms with E-state index in [1.807, 2.05) is 36.4 Å². The molecule has 0 bridgehead atoms. The molecule has 0 spiro atoms. The van der Waals surface area contributed by atoms with E-state index in [0.717, 1.165) is 28.1 Å². The first-order valence-electron chi connectivity index (χ1n) is 9.79. The van der Waals surface area contributed by atoms with E-state index >= 15 is 0 Å². The minimum Gasteiger partial charge on any atom is -0.457 e. The number of carbonyl (C=O) groups excluding carboxylic acids is 2. The molecule has 4 aromatic rings. The highest BCUT2D eigenvalue weighted by atomic mass is 32.1. The van der Waals surface area contributed by atoms with Gasteiger partial charge in [0, 0.05) is 17.2 Å². The zero-order chi connectivity index (χ0) is 20.5. The first kappa shape index (κ1) is 18.6. The fourth-order valence-electron chi connectivity index (χ4n) is 3.16. The Kier molecular flexibility index (Phi) is 4.80. The number of rotatable bonds is 6. The Morgan fingerprint density at radius 2 is 1.93 bits per heavy atom. The third kappa shape index (κ3) is 3.97. The second kappa shape index (κ2) is 7.76. The average molecular weight is 417 g/mol. The topological polar surface area (TPSA) is 84.2 Å². The van der Waals surface area contributed by atoms with E-state index in [2.05, 4.69) is 15.6 Å². The molecule has 0 radical (unpaired) electrons. The van der Waals surface area contributed by atoms with E-state index in [9.17, 15) is 9.59 Å². The van der Waals surface area contributed by atoms with Crippen LogP contribution in [0.25, 0.3) is 21.0 Å². The summed E-state index contributed by atoms with van der Waals surface area (Å²) in [4.78, 5) is 29.0. The fourth-order valence-corrected chi connectivity index (χ4v) is 4.09. The molecule has 5 rings (SSSR count). The number of hydrogen-bond acceptors (Lipinski definition) is 5. The third-order valence-electron chi connectivity index (χ3n) is 4.93. The number of furan rings is 1. The lowest BCUT2D eigenvalue weighted by Gasteiger charge is -2.07. The number of anilines is 1. The Morgan fingerprint density at radius 3 is 2.77 bits per heavy atom. The van der Waals surface area contributed by atoms with Crippen molar-refractivity contribution in [3.63, 3.8) is 0 Å². The summed E-state index contributed by atoms with van der Waals surface area (Å²) in [5.74, 6) is 1.24. The van der Waals surface area contributed by atoms with Crippen LogP contribution in [-0.4, -0.2) is 16.8 Å². The second-order valence-corrected chi connectivity index (χ2v) is 8.31. The predicted molar refractivity (Wildman–Crippen MR) is 116 cm³/mol. The summed E-state index contributed by atoms with van der Waals surface area (Å²) in [5.41, 5.74) is 2.06. The molecule has 1 aliphatic rings. The molecule has 2 aromatic carbocycles. The predicted octanol–water partition coefficient (Wildman–Crippen LogP) is 4.83. The van der Waals surface area contributed by atoms with Gasteiger partial charge in [-0.2, -0.15) is 0 Å². The maximum Gasteiger partial charge on any atom is 0.251 e. The zero-order valence-electron chi connectivity index (χ0n) is 16.1. The molecule has 2 amide bonds. The van der Waals surface area contributed by atoms with E-state index < -0.39 is 0 Å². The summed E-state index contributed by atoms with van der Waals surface area (Å²) in [6.07, 6.45) is 1.88. The van der Waals surface area contributed by atoms with Crippen molar-refractivity contribution >= 4 is 39.1 Å². The number of aromatic nitrogens is 1. The van der Waals surface area contributed by atoms with Crippen LogP contribution in [0, 0.1) is 5.92 Å². The van der Waals surface area contributed by atoms with Gasteiger partial charge in [0.05, 0.1) is 16.8 Å². The summed E-state index contributed by atoms with van der Waals surface area (Å²) >= 11 is 1.57. The lowest BCUT2D eigenvalue weighted by Crippen LogP contribution is -2.22. The Hall–Kier alpha value is -3.45. The molecule has 1 aliphatic carbocycles. The van der Waals surface area contributed by atoms with Gasteiger partial charge in [-0.05, 0) is 55.3 Å². The summed E-state index contributed by atoms with van der Waals surface area (Å²) < 4.78 is 6.98. The zero-order valence-corrected chi connectivity index (χ0v) is 16.9. The molecule has 6 nitrogen and oxygen atoms in total. The highest BCUT2D eigenvalue weighted by Gasteiger charge is 2.29. The number of hydrogen-bond donors (Lipinski definition) is 2. The minimum atomic E-state index is -0.226. The number of nitrogens with one attached hydrogen (secondary N) is 2. The number of benzene rings is 2. The number of carbonyl (C=O) groups is 2. The van der Waals surface area contributed by atoms with E-state index in [1.54, 1.807) is 35.6 Å². The third-order valence-corrected chi connectivity index (χ3v) is 5.98. The van der Waals surface area contributed by atoms with Crippen molar-refractivity contribution in [2.45, 2.75) is 19.4 Å². The maximum atomic E-state index is 12.5. The van der Waals surface area contributed by atoms with E-state index in [-0.39, 0.29) is 24.3 Å². The van der Waals surface area contributed by atoms with E-state index in [1.165, 1.54) is 0 Å². The molecule has 7 heteroatoms. The van der Waals surface area contributed by atoms with Crippen molar-refractivity contribution < 1.29 is 14.0 Å². The van der Waals surface area contributed by atoms with Gasteiger partial charge in [0.2, 0.25) is 5.91 Å². The van der Waals surface area contributed by atoms with Crippen molar-refractivity contribution in [1.29, 1.82) is 0 Å². The molecular weight excluding hydrogens is 398 g/mol. The lowest BCUT2D eigenvalue weighted by atomic mass is 10.2. The normalized spacial score (nSPS) is 13.3. The number of thiazole rings is 1. The van der Waals surface area contributed by atoms with Gasteiger partial charge in [0.1, 0.15) is 5.76 Å². The minimum absolute atomic E-state index is 0.0190.